The van der Waals surface area contributed by atoms with Gasteiger partial charge in [-0.3, -0.25) is 14.3 Å². The summed E-state index contributed by atoms with van der Waals surface area (Å²) in [6, 6.07) is 0. The fraction of sp³-hybridized carbons (Fsp3) is 0.545. The highest BCUT2D eigenvalue weighted by atomic mass is 31.2. The number of aliphatic hydroxyl groups excluding tert-OH is 2. The number of hydrogen-bond donors (Lipinski definition) is 14. The molecule has 0 aliphatic carbocycles. The SMILES string of the molecule is Nc1nc2c(ncn2[C@@H]2O[C@H](CO)[C@@H](O)[C@]2(O)C(F)(F)F)c(=O)[nH]1.O=P(O)(O)O.O=P(O)(O)O.O=P(O)(O)O. The molecule has 3 rings (SSSR count). The Balaban J connectivity index is 0.000000793. The molecule has 15 N–H and O–H groups in total. The van der Waals surface area contributed by atoms with Crippen LogP contribution >= 0.6 is 23.5 Å². The molecule has 1 saturated heterocycles. The number of imidazole rings is 1. The van der Waals surface area contributed by atoms with Crippen LogP contribution < -0.4 is 11.3 Å². The zero-order chi connectivity index (χ0) is 31.4. The summed E-state index contributed by atoms with van der Waals surface area (Å²) in [5, 5.41) is 29.0. The fourth-order valence-electron chi connectivity index (χ4n) is 2.62. The molecule has 228 valence electrons. The topological polar surface area (TPSA) is 393 Å². The number of aromatic amines is 1. The van der Waals surface area contributed by atoms with E-state index < -0.39 is 65.8 Å². The van der Waals surface area contributed by atoms with Gasteiger partial charge in [0.1, 0.15) is 12.2 Å². The molecule has 22 nitrogen and oxygen atoms in total. The van der Waals surface area contributed by atoms with E-state index in [9.17, 15) is 28.2 Å². The molecule has 1 aliphatic rings. The third-order valence-electron chi connectivity index (χ3n) is 3.82. The lowest BCUT2D eigenvalue weighted by Gasteiger charge is -2.33. The van der Waals surface area contributed by atoms with Gasteiger partial charge in [-0.2, -0.15) is 18.2 Å². The third kappa shape index (κ3) is 12.4. The largest absolute Gasteiger partial charge is 0.466 e. The molecule has 0 unspecified atom stereocenters. The van der Waals surface area contributed by atoms with E-state index in [4.69, 9.17) is 73.3 Å². The van der Waals surface area contributed by atoms with Gasteiger partial charge in [-0.05, 0) is 0 Å². The number of nitrogen functional groups attached to an aromatic ring is 1. The van der Waals surface area contributed by atoms with Crippen LogP contribution in [-0.4, -0.2) is 109 Å². The molecular formula is C11H21F3N5O17P3. The van der Waals surface area contributed by atoms with Crippen LogP contribution in [-0.2, 0) is 18.4 Å². The number of ether oxygens (including phenoxy) is 1. The smallest absolute Gasteiger partial charge is 0.394 e. The van der Waals surface area contributed by atoms with Crippen molar-refractivity contribution in [1.82, 2.24) is 19.5 Å². The zero-order valence-corrected chi connectivity index (χ0v) is 21.0. The van der Waals surface area contributed by atoms with Crippen molar-refractivity contribution in [3.05, 3.63) is 16.7 Å². The molecular weight excluding hydrogens is 624 g/mol. The second kappa shape index (κ2) is 13.2. The maximum Gasteiger partial charge on any atom is 0.466 e. The Hall–Kier alpha value is -1.89. The van der Waals surface area contributed by atoms with E-state index in [0.717, 1.165) is 6.33 Å². The second-order valence-electron chi connectivity index (χ2n) is 6.79. The van der Waals surface area contributed by atoms with Gasteiger partial charge in [-0.25, -0.2) is 18.7 Å². The average Bonchev–Trinajstić information content (AvgIpc) is 3.17. The van der Waals surface area contributed by atoms with Gasteiger partial charge in [0, 0.05) is 0 Å². The number of aliphatic hydroxyl groups is 3. The predicted octanol–water partition coefficient (Wildman–Crippen LogP) is -4.54. The number of hydrogen-bond acceptors (Lipinski definition) is 11. The highest BCUT2D eigenvalue weighted by Gasteiger charge is 2.70. The van der Waals surface area contributed by atoms with Gasteiger partial charge in [-0.15, -0.1) is 0 Å². The predicted molar refractivity (Wildman–Crippen MR) is 113 cm³/mol. The molecule has 3 heterocycles. The minimum absolute atomic E-state index is 0.334. The molecule has 39 heavy (non-hydrogen) atoms. The van der Waals surface area contributed by atoms with E-state index in [0.29, 0.717) is 4.57 Å². The first-order valence-corrected chi connectivity index (χ1v) is 13.6. The summed E-state index contributed by atoms with van der Waals surface area (Å²) in [4.78, 5) is 85.8. The molecule has 2 aromatic heterocycles. The monoisotopic (exact) mass is 645 g/mol. The number of fused-ring (bicyclic) bond motifs is 1. The first kappa shape index (κ1) is 37.1. The summed E-state index contributed by atoms with van der Waals surface area (Å²) in [6.45, 7) is -0.973. The number of rotatable bonds is 2. The van der Waals surface area contributed by atoms with Gasteiger partial charge < -0.3 is 69.8 Å². The van der Waals surface area contributed by atoms with Crippen molar-refractivity contribution >= 4 is 40.6 Å². The van der Waals surface area contributed by atoms with Crippen LogP contribution in [0.1, 0.15) is 6.23 Å². The maximum absolute atomic E-state index is 13.4. The summed E-state index contributed by atoms with van der Waals surface area (Å²) >= 11 is 0. The van der Waals surface area contributed by atoms with Gasteiger partial charge in [0.2, 0.25) is 11.5 Å². The molecule has 28 heteroatoms. The minimum Gasteiger partial charge on any atom is -0.394 e. The van der Waals surface area contributed by atoms with Crippen molar-refractivity contribution in [3.8, 4) is 0 Å². The lowest BCUT2D eigenvalue weighted by Crippen LogP contribution is -2.57. The van der Waals surface area contributed by atoms with Gasteiger partial charge in [0.15, 0.2) is 17.4 Å². The van der Waals surface area contributed by atoms with Crippen LogP contribution in [0.4, 0.5) is 19.1 Å². The lowest BCUT2D eigenvalue weighted by molar-refractivity contribution is -0.303. The van der Waals surface area contributed by atoms with Gasteiger partial charge in [0.25, 0.3) is 5.56 Å². The number of aromatic nitrogens is 4. The number of halogens is 3. The maximum atomic E-state index is 13.4. The Morgan fingerprint density at radius 3 is 1.79 bits per heavy atom. The quantitative estimate of drug-likeness (QED) is 0.137. The summed E-state index contributed by atoms with van der Waals surface area (Å²) in [5.41, 5.74) is 0.0903. The number of anilines is 1. The average molecular weight is 645 g/mol. The van der Waals surface area contributed by atoms with Crippen molar-refractivity contribution in [3.63, 3.8) is 0 Å². The van der Waals surface area contributed by atoms with Crippen LogP contribution in [0, 0.1) is 0 Å². The summed E-state index contributed by atoms with van der Waals surface area (Å²) in [5.74, 6) is -0.387. The Labute approximate surface area is 211 Å². The minimum atomic E-state index is -5.32. The van der Waals surface area contributed by atoms with E-state index in [2.05, 4.69) is 15.0 Å². The summed E-state index contributed by atoms with van der Waals surface area (Å²) in [6.07, 6.45) is -10.9. The molecule has 4 atom stereocenters. The van der Waals surface area contributed by atoms with E-state index in [-0.39, 0.29) is 17.1 Å². The number of nitrogens with one attached hydrogen (secondary N) is 1. The van der Waals surface area contributed by atoms with Crippen LogP contribution in [0.3, 0.4) is 0 Å². The molecule has 1 fully saturated rings. The highest BCUT2D eigenvalue weighted by Crippen LogP contribution is 2.48. The van der Waals surface area contributed by atoms with Crippen molar-refractivity contribution in [2.24, 2.45) is 0 Å². The van der Waals surface area contributed by atoms with Crippen molar-refractivity contribution in [1.29, 1.82) is 0 Å². The number of phosphoric acid groups is 3. The van der Waals surface area contributed by atoms with E-state index in [1.165, 1.54) is 0 Å². The second-order valence-corrected chi connectivity index (χ2v) is 9.87. The first-order chi connectivity index (χ1) is 17.1. The van der Waals surface area contributed by atoms with Gasteiger partial charge in [-0.1, -0.05) is 0 Å². The summed E-state index contributed by atoms with van der Waals surface area (Å²) < 4.78 is 72.4. The fourth-order valence-corrected chi connectivity index (χ4v) is 2.62. The molecule has 0 amide bonds. The molecule has 0 radical (unpaired) electrons. The van der Waals surface area contributed by atoms with Crippen molar-refractivity contribution in [2.45, 2.75) is 30.2 Å². The lowest BCUT2D eigenvalue weighted by atomic mass is 9.93. The Morgan fingerprint density at radius 2 is 1.44 bits per heavy atom. The van der Waals surface area contributed by atoms with Crippen LogP contribution in [0.2, 0.25) is 0 Å². The molecule has 0 bridgehead atoms. The van der Waals surface area contributed by atoms with Crippen molar-refractivity contribution < 1.29 is 91.0 Å². The molecule has 0 spiro atoms. The standard InChI is InChI=1S/C11H12F3N5O5.3H3O4P/c12-11(13,14)10(23)5(21)3(1-20)24-8(10)19-2-16-4-6(19)17-9(15)18-7(4)22;3*1-5(2,3)4/h2-3,5,8,20-21,23H,1H2,(H3,15,17,18,22);3*(H3,1,2,3,4)/t3-,5-,8-,10-;;;/m1.../s1. The van der Waals surface area contributed by atoms with Crippen LogP contribution in [0.15, 0.2) is 11.1 Å². The van der Waals surface area contributed by atoms with Crippen molar-refractivity contribution in [2.75, 3.05) is 12.3 Å². The molecule has 1 aliphatic heterocycles. The molecule has 2 aromatic rings. The number of nitrogens with two attached hydrogens (primary N) is 1. The summed E-state index contributed by atoms with van der Waals surface area (Å²) in [7, 11) is -13.9. The van der Waals surface area contributed by atoms with Crippen LogP contribution in [0.5, 0.6) is 0 Å². The Kier molecular flexibility index (Phi) is 12.5. The number of nitrogens with zero attached hydrogens (tertiary/aromatic N) is 3. The van der Waals surface area contributed by atoms with Gasteiger partial charge >= 0.3 is 29.6 Å². The zero-order valence-electron chi connectivity index (χ0n) is 18.3. The highest BCUT2D eigenvalue weighted by molar-refractivity contribution is 7.45. The number of alkyl halides is 3. The van der Waals surface area contributed by atoms with E-state index in [1.54, 1.807) is 0 Å². The number of H-pyrrole nitrogens is 1. The molecule has 0 aromatic carbocycles. The normalized spacial score (nSPS) is 23.6. The third-order valence-corrected chi connectivity index (χ3v) is 3.82. The van der Waals surface area contributed by atoms with E-state index in [1.807, 2.05) is 0 Å². The first-order valence-electron chi connectivity index (χ1n) is 8.91. The Morgan fingerprint density at radius 1 is 1.03 bits per heavy atom. The van der Waals surface area contributed by atoms with Crippen LogP contribution in [0.25, 0.3) is 11.2 Å². The van der Waals surface area contributed by atoms with Gasteiger partial charge in [0.05, 0.1) is 12.9 Å². The van der Waals surface area contributed by atoms with E-state index >= 15 is 0 Å². The Bertz CT molecular complexity index is 1230. The molecule has 0 saturated carbocycles.